The minimum absolute atomic E-state index is 0.00491. The Balaban J connectivity index is 1.81. The van der Waals surface area contributed by atoms with E-state index in [0.29, 0.717) is 18.8 Å². The van der Waals surface area contributed by atoms with Crippen LogP contribution in [-0.2, 0) is 14.8 Å². The van der Waals surface area contributed by atoms with E-state index < -0.39 is 16.1 Å². The number of nitrogens with zero attached hydrogens (tertiary/aromatic N) is 3. The number of carbonyl (C=O) groups excluding carboxylic acids is 1. The highest BCUT2D eigenvalue weighted by Crippen LogP contribution is 2.21. The molecule has 0 atom stereocenters. The summed E-state index contributed by atoms with van der Waals surface area (Å²) in [5.41, 5.74) is 0.581. The van der Waals surface area contributed by atoms with Crippen LogP contribution in [0.2, 0.25) is 0 Å². The lowest BCUT2D eigenvalue weighted by molar-refractivity contribution is 0.181. The molecule has 2 aromatic rings. The number of ether oxygens (including phenoxy) is 1. The third-order valence-electron chi connectivity index (χ3n) is 3.01. The maximum Gasteiger partial charge on any atom is 0.414 e. The summed E-state index contributed by atoms with van der Waals surface area (Å²) in [4.78, 5) is 20.6. The van der Waals surface area contributed by atoms with Crippen LogP contribution in [-0.4, -0.2) is 37.6 Å². The van der Waals surface area contributed by atoms with Crippen molar-refractivity contribution in [3.05, 3.63) is 42.7 Å². The van der Waals surface area contributed by atoms with Crippen LogP contribution >= 0.6 is 0 Å². The summed E-state index contributed by atoms with van der Waals surface area (Å²) >= 11 is 0. The molecule has 1 aromatic carbocycles. The molecule has 1 amide bonds. The van der Waals surface area contributed by atoms with E-state index in [2.05, 4.69) is 14.7 Å². The van der Waals surface area contributed by atoms with Gasteiger partial charge in [0.1, 0.15) is 6.61 Å². The number of hydrogen-bond donors (Lipinski definition) is 1. The molecule has 1 aromatic heterocycles. The SMILES string of the molecule is O=C1OCCN1c1ccc(S(=O)(=O)Nc2ncccn2)cc1. The second-order valence-electron chi connectivity index (χ2n) is 4.44. The smallest absolute Gasteiger partial charge is 0.414 e. The number of nitrogens with one attached hydrogen (secondary N) is 1. The van der Waals surface area contributed by atoms with E-state index in [1.54, 1.807) is 18.2 Å². The van der Waals surface area contributed by atoms with Gasteiger partial charge in [0.2, 0.25) is 5.95 Å². The van der Waals surface area contributed by atoms with Crippen LogP contribution in [0.15, 0.2) is 47.6 Å². The molecule has 0 aliphatic carbocycles. The number of sulfonamides is 1. The van der Waals surface area contributed by atoms with Gasteiger partial charge in [0.15, 0.2) is 0 Å². The Bertz CT molecular complexity index is 777. The molecule has 1 fully saturated rings. The molecular formula is C13H12N4O4S. The maximum absolute atomic E-state index is 12.2. The number of rotatable bonds is 4. The van der Waals surface area contributed by atoms with Crippen molar-refractivity contribution in [2.45, 2.75) is 4.90 Å². The average molecular weight is 320 g/mol. The summed E-state index contributed by atoms with van der Waals surface area (Å²) in [5.74, 6) is -0.00491. The lowest BCUT2D eigenvalue weighted by atomic mass is 10.3. The van der Waals surface area contributed by atoms with Gasteiger partial charge >= 0.3 is 6.09 Å². The van der Waals surface area contributed by atoms with Crippen molar-refractivity contribution < 1.29 is 17.9 Å². The molecule has 22 heavy (non-hydrogen) atoms. The largest absolute Gasteiger partial charge is 0.447 e. The average Bonchev–Trinajstić information content (AvgIpc) is 2.94. The van der Waals surface area contributed by atoms with Gasteiger partial charge in [-0.15, -0.1) is 0 Å². The number of cyclic esters (lactones) is 1. The lowest BCUT2D eigenvalue weighted by Gasteiger charge is -2.13. The Labute approximate surface area is 126 Å². The molecule has 2 heterocycles. The highest BCUT2D eigenvalue weighted by molar-refractivity contribution is 7.92. The monoisotopic (exact) mass is 320 g/mol. The second-order valence-corrected chi connectivity index (χ2v) is 6.12. The molecule has 1 aliphatic rings. The Kier molecular flexibility index (Phi) is 3.63. The maximum atomic E-state index is 12.2. The van der Waals surface area contributed by atoms with Crippen LogP contribution in [0.3, 0.4) is 0 Å². The van der Waals surface area contributed by atoms with Gasteiger partial charge in [-0.1, -0.05) is 0 Å². The number of aromatic nitrogens is 2. The van der Waals surface area contributed by atoms with Crippen molar-refractivity contribution in [1.82, 2.24) is 9.97 Å². The number of carbonyl (C=O) groups is 1. The number of hydrogen-bond acceptors (Lipinski definition) is 6. The number of amides is 1. The van der Waals surface area contributed by atoms with Crippen molar-refractivity contribution in [1.29, 1.82) is 0 Å². The van der Waals surface area contributed by atoms with E-state index in [1.165, 1.54) is 29.4 Å². The van der Waals surface area contributed by atoms with Gasteiger partial charge in [-0.2, -0.15) is 0 Å². The van der Waals surface area contributed by atoms with Crippen LogP contribution in [0.1, 0.15) is 0 Å². The van der Waals surface area contributed by atoms with Crippen LogP contribution in [0.25, 0.3) is 0 Å². The van der Waals surface area contributed by atoms with Crippen molar-refractivity contribution in [2.75, 3.05) is 22.8 Å². The zero-order valence-corrected chi connectivity index (χ0v) is 12.2. The highest BCUT2D eigenvalue weighted by atomic mass is 32.2. The van der Waals surface area contributed by atoms with E-state index in [9.17, 15) is 13.2 Å². The first kappa shape index (κ1) is 14.3. The van der Waals surface area contributed by atoms with Crippen LogP contribution < -0.4 is 9.62 Å². The first-order valence-corrected chi connectivity index (χ1v) is 7.89. The molecule has 114 valence electrons. The van der Waals surface area contributed by atoms with Gasteiger partial charge in [-0.25, -0.2) is 27.9 Å². The van der Waals surface area contributed by atoms with Gasteiger partial charge in [-0.3, -0.25) is 4.90 Å². The quantitative estimate of drug-likeness (QED) is 0.909. The normalized spacial score (nSPS) is 14.7. The molecule has 1 N–H and O–H groups in total. The standard InChI is InChI=1S/C13H12N4O4S/c18-13-17(8-9-21-13)10-2-4-11(5-3-10)22(19,20)16-12-14-6-1-7-15-12/h1-7H,8-9H2,(H,14,15,16). The van der Waals surface area contributed by atoms with Gasteiger partial charge < -0.3 is 4.74 Å². The van der Waals surface area contributed by atoms with Gasteiger partial charge in [0.05, 0.1) is 11.4 Å². The summed E-state index contributed by atoms with van der Waals surface area (Å²) < 4.78 is 31.5. The zero-order valence-electron chi connectivity index (χ0n) is 11.3. The molecule has 0 spiro atoms. The molecule has 0 radical (unpaired) electrons. The molecule has 8 nitrogen and oxygen atoms in total. The fourth-order valence-electron chi connectivity index (χ4n) is 1.96. The third kappa shape index (κ3) is 2.84. The molecule has 0 bridgehead atoms. The predicted molar refractivity (Wildman–Crippen MR) is 78.0 cm³/mol. The van der Waals surface area contributed by atoms with Gasteiger partial charge in [0.25, 0.3) is 10.0 Å². The Hall–Kier alpha value is -2.68. The van der Waals surface area contributed by atoms with Crippen LogP contribution in [0, 0.1) is 0 Å². The van der Waals surface area contributed by atoms with E-state index >= 15 is 0 Å². The third-order valence-corrected chi connectivity index (χ3v) is 4.36. The van der Waals surface area contributed by atoms with Crippen molar-refractivity contribution in [3.8, 4) is 0 Å². The lowest BCUT2D eigenvalue weighted by Crippen LogP contribution is -2.23. The molecular weight excluding hydrogens is 308 g/mol. The van der Waals surface area contributed by atoms with Crippen molar-refractivity contribution >= 4 is 27.8 Å². The first-order valence-electron chi connectivity index (χ1n) is 6.40. The van der Waals surface area contributed by atoms with Gasteiger partial charge in [-0.05, 0) is 30.3 Å². The molecule has 1 saturated heterocycles. The summed E-state index contributed by atoms with van der Waals surface area (Å²) in [5, 5.41) is 0. The molecule has 3 rings (SSSR count). The van der Waals surface area contributed by atoms with E-state index in [4.69, 9.17) is 4.74 Å². The van der Waals surface area contributed by atoms with Crippen LogP contribution in [0.4, 0.5) is 16.4 Å². The van der Waals surface area contributed by atoms with Crippen molar-refractivity contribution in [2.24, 2.45) is 0 Å². The summed E-state index contributed by atoms with van der Waals surface area (Å²) in [7, 11) is -3.78. The summed E-state index contributed by atoms with van der Waals surface area (Å²) in [6.07, 6.45) is 2.44. The second kappa shape index (κ2) is 5.60. The Morgan fingerprint density at radius 3 is 2.41 bits per heavy atom. The van der Waals surface area contributed by atoms with Crippen molar-refractivity contribution in [3.63, 3.8) is 0 Å². The fourth-order valence-corrected chi connectivity index (χ4v) is 2.92. The summed E-state index contributed by atoms with van der Waals surface area (Å²) in [6, 6.07) is 7.50. The minimum atomic E-state index is -3.78. The fraction of sp³-hybridized carbons (Fsp3) is 0.154. The molecule has 0 saturated carbocycles. The van der Waals surface area contributed by atoms with Gasteiger partial charge in [0, 0.05) is 18.1 Å². The Morgan fingerprint density at radius 2 is 1.82 bits per heavy atom. The predicted octanol–water partition coefficient (Wildman–Crippen LogP) is 1.23. The Morgan fingerprint density at radius 1 is 1.14 bits per heavy atom. The first-order chi connectivity index (χ1) is 10.6. The highest BCUT2D eigenvalue weighted by Gasteiger charge is 2.24. The molecule has 0 unspecified atom stereocenters. The van der Waals surface area contributed by atoms with E-state index in [1.807, 2.05) is 0 Å². The number of benzene rings is 1. The molecule has 1 aliphatic heterocycles. The topological polar surface area (TPSA) is 101 Å². The number of anilines is 2. The molecule has 9 heteroatoms. The summed E-state index contributed by atoms with van der Waals surface area (Å²) in [6.45, 7) is 0.771. The minimum Gasteiger partial charge on any atom is -0.447 e. The van der Waals surface area contributed by atoms with Crippen LogP contribution in [0.5, 0.6) is 0 Å². The van der Waals surface area contributed by atoms with E-state index in [0.717, 1.165) is 0 Å². The zero-order chi connectivity index (χ0) is 15.6. The van der Waals surface area contributed by atoms with E-state index in [-0.39, 0.29) is 10.8 Å².